The molecule has 1 atom stereocenters. The highest BCUT2D eigenvalue weighted by molar-refractivity contribution is 5.87. The van der Waals surface area contributed by atoms with Gasteiger partial charge >= 0.3 is 0 Å². The molecular weight excluding hydrogens is 210 g/mol. The quantitative estimate of drug-likeness (QED) is 0.682. The Morgan fingerprint density at radius 1 is 1.35 bits per heavy atom. The van der Waals surface area contributed by atoms with Crippen LogP contribution in [-0.2, 0) is 4.79 Å². The monoisotopic (exact) mass is 235 g/mol. The van der Waals surface area contributed by atoms with Crippen LogP contribution in [0.4, 0.5) is 0 Å². The van der Waals surface area contributed by atoms with Crippen molar-refractivity contribution in [3.05, 3.63) is 36.1 Å². The Morgan fingerprint density at radius 2 is 1.88 bits per heavy atom. The van der Waals surface area contributed by atoms with Crippen molar-refractivity contribution in [1.29, 1.82) is 0 Å². The zero-order valence-corrected chi connectivity index (χ0v) is 11.9. The van der Waals surface area contributed by atoms with E-state index in [9.17, 15) is 4.79 Å². The van der Waals surface area contributed by atoms with Crippen molar-refractivity contribution in [2.75, 3.05) is 7.05 Å². The molecule has 0 aromatic rings. The van der Waals surface area contributed by atoms with Crippen molar-refractivity contribution in [2.45, 2.75) is 34.6 Å². The third kappa shape index (κ3) is 3.32. The minimum Gasteiger partial charge on any atom is -0.319 e. The Kier molecular flexibility index (Phi) is 6.55. The average Bonchev–Trinajstić information content (AvgIpc) is 2.53. The summed E-state index contributed by atoms with van der Waals surface area (Å²) in [5, 5.41) is 0. The van der Waals surface area contributed by atoms with Crippen molar-refractivity contribution < 1.29 is 4.79 Å². The van der Waals surface area contributed by atoms with Gasteiger partial charge in [0.25, 0.3) is 0 Å². The standard InChI is InChI=1S/C13H19NO.C2H6/c1-6-7-8-11-10(4)14(5)13(15)12(11)9(2)3;1-2/h6-9,12H,1H2,2-5H3;1-2H3/b8-7-;. The van der Waals surface area contributed by atoms with Crippen molar-refractivity contribution in [1.82, 2.24) is 4.90 Å². The summed E-state index contributed by atoms with van der Waals surface area (Å²) in [4.78, 5) is 13.7. The molecule has 0 saturated carbocycles. The molecule has 0 radical (unpaired) electrons. The summed E-state index contributed by atoms with van der Waals surface area (Å²) < 4.78 is 0. The number of allylic oxidation sites excluding steroid dienone is 4. The van der Waals surface area contributed by atoms with Crippen LogP contribution in [0.25, 0.3) is 0 Å². The Hall–Kier alpha value is -1.31. The van der Waals surface area contributed by atoms with E-state index in [2.05, 4.69) is 20.4 Å². The molecule has 1 amide bonds. The van der Waals surface area contributed by atoms with Crippen molar-refractivity contribution in [2.24, 2.45) is 11.8 Å². The molecule has 0 spiro atoms. The Morgan fingerprint density at radius 3 is 2.29 bits per heavy atom. The zero-order chi connectivity index (χ0) is 13.6. The van der Waals surface area contributed by atoms with Crippen LogP contribution in [0.3, 0.4) is 0 Å². The van der Waals surface area contributed by atoms with E-state index >= 15 is 0 Å². The maximum absolute atomic E-state index is 12.0. The fourth-order valence-electron chi connectivity index (χ4n) is 1.97. The van der Waals surface area contributed by atoms with E-state index in [-0.39, 0.29) is 11.8 Å². The van der Waals surface area contributed by atoms with Gasteiger partial charge in [0.15, 0.2) is 0 Å². The first-order chi connectivity index (χ1) is 8.00. The van der Waals surface area contributed by atoms with Crippen LogP contribution in [-0.4, -0.2) is 17.9 Å². The fraction of sp³-hybridized carbons (Fsp3) is 0.533. The van der Waals surface area contributed by atoms with Gasteiger partial charge in [-0.1, -0.05) is 52.5 Å². The van der Waals surface area contributed by atoms with Gasteiger partial charge in [0, 0.05) is 12.7 Å². The van der Waals surface area contributed by atoms with Gasteiger partial charge in [0.2, 0.25) is 5.91 Å². The summed E-state index contributed by atoms with van der Waals surface area (Å²) in [5.74, 6) is 0.541. The molecule has 0 fully saturated rings. The van der Waals surface area contributed by atoms with Gasteiger partial charge in [-0.05, 0) is 18.4 Å². The summed E-state index contributed by atoms with van der Waals surface area (Å²) in [6.45, 7) is 13.8. The molecule has 96 valence electrons. The predicted molar refractivity (Wildman–Crippen MR) is 74.5 cm³/mol. The van der Waals surface area contributed by atoms with Crippen LogP contribution < -0.4 is 0 Å². The summed E-state index contributed by atoms with van der Waals surface area (Å²) in [6, 6.07) is 0. The van der Waals surface area contributed by atoms with Gasteiger partial charge < -0.3 is 4.90 Å². The van der Waals surface area contributed by atoms with Gasteiger partial charge in [-0.3, -0.25) is 4.79 Å². The van der Waals surface area contributed by atoms with Gasteiger partial charge in [-0.2, -0.15) is 0 Å². The van der Waals surface area contributed by atoms with E-state index in [4.69, 9.17) is 0 Å². The molecule has 1 heterocycles. The number of rotatable bonds is 3. The molecule has 0 aliphatic carbocycles. The summed E-state index contributed by atoms with van der Waals surface area (Å²) in [7, 11) is 1.84. The van der Waals surface area contributed by atoms with Gasteiger partial charge in [0.1, 0.15) is 0 Å². The second kappa shape index (κ2) is 7.10. The first-order valence-electron chi connectivity index (χ1n) is 6.28. The molecule has 17 heavy (non-hydrogen) atoms. The van der Waals surface area contributed by atoms with Gasteiger partial charge in [-0.25, -0.2) is 0 Å². The van der Waals surface area contributed by atoms with Crippen LogP contribution >= 0.6 is 0 Å². The van der Waals surface area contributed by atoms with Crippen LogP contribution in [0.2, 0.25) is 0 Å². The Labute approximate surface area is 106 Å². The van der Waals surface area contributed by atoms with E-state index in [0.29, 0.717) is 5.92 Å². The molecule has 0 N–H and O–H groups in total. The lowest BCUT2D eigenvalue weighted by molar-refractivity contribution is -0.130. The second-order valence-corrected chi connectivity index (χ2v) is 4.25. The Balaban J connectivity index is 0.00000121. The maximum Gasteiger partial charge on any atom is 0.234 e. The first-order valence-corrected chi connectivity index (χ1v) is 6.28. The van der Waals surface area contributed by atoms with Gasteiger partial charge in [0.05, 0.1) is 5.92 Å². The number of carbonyl (C=O) groups is 1. The highest BCUT2D eigenvalue weighted by Gasteiger charge is 2.35. The number of carbonyl (C=O) groups excluding carboxylic acids is 1. The van der Waals surface area contributed by atoms with Crippen molar-refractivity contribution >= 4 is 5.91 Å². The third-order valence-corrected chi connectivity index (χ3v) is 2.93. The number of hydrogen-bond donors (Lipinski definition) is 0. The molecule has 1 aliphatic heterocycles. The maximum atomic E-state index is 12.0. The molecule has 0 aromatic carbocycles. The van der Waals surface area contributed by atoms with Crippen LogP contribution in [0.1, 0.15) is 34.6 Å². The second-order valence-electron chi connectivity index (χ2n) is 4.25. The SMILES string of the molecule is C=C/C=C\C1=C(C)N(C)C(=O)C1C(C)C.CC. The predicted octanol–water partition coefficient (Wildman–Crippen LogP) is 3.77. The molecule has 0 aromatic heterocycles. The number of amides is 1. The van der Waals surface area contributed by atoms with Crippen LogP contribution in [0.15, 0.2) is 36.1 Å². The number of nitrogens with zero attached hydrogens (tertiary/aromatic N) is 1. The topological polar surface area (TPSA) is 20.3 Å². The highest BCUT2D eigenvalue weighted by Crippen LogP contribution is 2.34. The lowest BCUT2D eigenvalue weighted by Gasteiger charge is -2.15. The van der Waals surface area contributed by atoms with E-state index in [1.807, 2.05) is 40.0 Å². The van der Waals surface area contributed by atoms with Crippen LogP contribution in [0.5, 0.6) is 0 Å². The van der Waals surface area contributed by atoms with E-state index < -0.39 is 0 Å². The molecule has 1 rings (SSSR count). The van der Waals surface area contributed by atoms with E-state index in [0.717, 1.165) is 11.3 Å². The summed E-state index contributed by atoms with van der Waals surface area (Å²) in [6.07, 6.45) is 5.62. The van der Waals surface area contributed by atoms with Gasteiger partial charge in [-0.15, -0.1) is 0 Å². The normalized spacial score (nSPS) is 20.1. The highest BCUT2D eigenvalue weighted by atomic mass is 16.2. The third-order valence-electron chi connectivity index (χ3n) is 2.93. The zero-order valence-electron chi connectivity index (χ0n) is 11.9. The van der Waals surface area contributed by atoms with Crippen molar-refractivity contribution in [3.63, 3.8) is 0 Å². The number of hydrogen-bond acceptors (Lipinski definition) is 1. The van der Waals surface area contributed by atoms with E-state index in [1.165, 1.54) is 0 Å². The smallest absolute Gasteiger partial charge is 0.234 e. The minimum atomic E-state index is 0.00574. The van der Waals surface area contributed by atoms with Crippen molar-refractivity contribution in [3.8, 4) is 0 Å². The average molecular weight is 235 g/mol. The minimum absolute atomic E-state index is 0.00574. The summed E-state index contributed by atoms with van der Waals surface area (Å²) >= 11 is 0. The molecule has 2 heteroatoms. The fourth-order valence-corrected chi connectivity index (χ4v) is 1.97. The van der Waals surface area contributed by atoms with E-state index in [1.54, 1.807) is 11.0 Å². The molecule has 2 nitrogen and oxygen atoms in total. The largest absolute Gasteiger partial charge is 0.319 e. The molecule has 1 unspecified atom stereocenters. The lowest BCUT2D eigenvalue weighted by atomic mass is 9.89. The molecular formula is C15H25NO. The summed E-state index contributed by atoms with van der Waals surface area (Å²) in [5.41, 5.74) is 2.18. The molecule has 1 aliphatic rings. The lowest BCUT2D eigenvalue weighted by Crippen LogP contribution is -2.27. The first kappa shape index (κ1) is 15.7. The molecule has 0 saturated heterocycles. The Bertz CT molecular complexity index is 337. The molecule has 0 bridgehead atoms. The van der Waals surface area contributed by atoms with Crippen LogP contribution in [0, 0.1) is 11.8 Å².